The molecule has 0 spiro atoms. The number of esters is 2. The number of aliphatic carboxylic acids is 1. The summed E-state index contributed by atoms with van der Waals surface area (Å²) in [5.41, 5.74) is 0. The van der Waals surface area contributed by atoms with Crippen molar-refractivity contribution in [2.24, 2.45) is 0 Å². The zero-order valence-corrected chi connectivity index (χ0v) is 16.0. The van der Waals surface area contributed by atoms with Gasteiger partial charge in [0.15, 0.2) is 11.9 Å². The Bertz CT molecular complexity index is 538. The molecule has 0 saturated carbocycles. The fourth-order valence-electron chi connectivity index (χ4n) is 2.89. The average molecular weight is 382 g/mol. The molecule has 0 radical (unpaired) electrons. The molecule has 0 aliphatic carbocycles. The number of carboxylic acid groups (broad SMARTS) is 1. The normalized spacial score (nSPS) is 24.6. The second-order valence-corrected chi connectivity index (χ2v) is 6.91. The molecule has 2 unspecified atom stereocenters. The molecular weight excluding hydrogens is 352 g/mol. The molecular formula is C20H30O7. The number of ketones is 1. The fraction of sp³-hybridized carbons (Fsp3) is 0.700. The summed E-state index contributed by atoms with van der Waals surface area (Å²) >= 11 is 0. The highest BCUT2D eigenvalue weighted by atomic mass is 16.5. The molecule has 0 fully saturated rings. The van der Waals surface area contributed by atoms with E-state index >= 15 is 0 Å². The number of cyclic esters (lactones) is 1. The predicted octanol–water partition coefficient (Wildman–Crippen LogP) is 3.34. The van der Waals surface area contributed by atoms with E-state index in [2.05, 4.69) is 0 Å². The zero-order valence-electron chi connectivity index (χ0n) is 16.0. The first-order valence-electron chi connectivity index (χ1n) is 9.72. The Balaban J connectivity index is 2.70. The van der Waals surface area contributed by atoms with Crippen LogP contribution in [0.3, 0.4) is 0 Å². The minimum Gasteiger partial charge on any atom is -0.481 e. The summed E-state index contributed by atoms with van der Waals surface area (Å²) in [7, 11) is 0. The maximum atomic E-state index is 12.3. The van der Waals surface area contributed by atoms with Crippen LogP contribution in [0.15, 0.2) is 12.2 Å². The second-order valence-electron chi connectivity index (χ2n) is 6.91. The van der Waals surface area contributed by atoms with E-state index in [9.17, 15) is 19.2 Å². The predicted molar refractivity (Wildman–Crippen MR) is 98.0 cm³/mol. The van der Waals surface area contributed by atoms with Gasteiger partial charge in [-0.05, 0) is 38.7 Å². The first-order valence-corrected chi connectivity index (χ1v) is 9.72. The van der Waals surface area contributed by atoms with Gasteiger partial charge in [0.05, 0.1) is 18.9 Å². The number of ether oxygens (including phenoxy) is 2. The van der Waals surface area contributed by atoms with Crippen LogP contribution in [0.2, 0.25) is 0 Å². The van der Waals surface area contributed by atoms with Crippen molar-refractivity contribution in [3.63, 3.8) is 0 Å². The van der Waals surface area contributed by atoms with Crippen molar-refractivity contribution in [1.82, 2.24) is 0 Å². The quantitative estimate of drug-likeness (QED) is 0.743. The third-order valence-electron chi connectivity index (χ3n) is 4.41. The van der Waals surface area contributed by atoms with Crippen LogP contribution in [0, 0.1) is 0 Å². The SMILES string of the molecule is CC1CCCCCCCCCC(OC(=O)CCC(=O)O)C(=O)/C=C\C(=O)O1. The smallest absolute Gasteiger partial charge is 0.331 e. The minimum atomic E-state index is -1.10. The molecule has 1 N–H and O–H groups in total. The molecule has 0 saturated heterocycles. The van der Waals surface area contributed by atoms with Crippen LogP contribution in [0.25, 0.3) is 0 Å². The molecule has 152 valence electrons. The highest BCUT2D eigenvalue weighted by Crippen LogP contribution is 2.15. The van der Waals surface area contributed by atoms with Crippen molar-refractivity contribution >= 4 is 23.7 Å². The first-order chi connectivity index (χ1) is 12.9. The van der Waals surface area contributed by atoms with Gasteiger partial charge in [-0.3, -0.25) is 14.4 Å². The van der Waals surface area contributed by atoms with Crippen molar-refractivity contribution in [1.29, 1.82) is 0 Å². The van der Waals surface area contributed by atoms with Crippen LogP contribution in [0.1, 0.15) is 77.6 Å². The largest absolute Gasteiger partial charge is 0.481 e. The van der Waals surface area contributed by atoms with Gasteiger partial charge in [-0.1, -0.05) is 32.1 Å². The van der Waals surface area contributed by atoms with Crippen LogP contribution < -0.4 is 0 Å². The standard InChI is InChI=1S/C20H30O7/c1-15-9-7-5-3-2-4-6-8-10-17(16(21)11-13-19(24)26-15)27-20(25)14-12-18(22)23/h11,13,15,17H,2-10,12,14H2,1H3,(H,22,23)/b13-11-. The molecule has 7 nitrogen and oxygen atoms in total. The molecule has 1 heterocycles. The van der Waals surface area contributed by atoms with Gasteiger partial charge >= 0.3 is 17.9 Å². The van der Waals surface area contributed by atoms with E-state index in [4.69, 9.17) is 14.6 Å². The van der Waals surface area contributed by atoms with Crippen molar-refractivity contribution in [3.05, 3.63) is 12.2 Å². The van der Waals surface area contributed by atoms with Crippen molar-refractivity contribution in [2.45, 2.75) is 89.8 Å². The molecule has 7 heteroatoms. The van der Waals surface area contributed by atoms with E-state index in [0.717, 1.165) is 63.5 Å². The average Bonchev–Trinajstić information content (AvgIpc) is 2.61. The van der Waals surface area contributed by atoms with Crippen molar-refractivity contribution in [2.75, 3.05) is 0 Å². The summed E-state index contributed by atoms with van der Waals surface area (Å²) in [5, 5.41) is 8.63. The van der Waals surface area contributed by atoms with Crippen molar-refractivity contribution < 1.29 is 33.8 Å². The Morgan fingerprint density at radius 3 is 2.22 bits per heavy atom. The van der Waals surface area contributed by atoms with E-state index in [1.54, 1.807) is 0 Å². The number of hydrogen-bond donors (Lipinski definition) is 1. The molecule has 0 aromatic rings. The molecule has 0 amide bonds. The molecule has 1 rings (SSSR count). The van der Waals surface area contributed by atoms with Crippen LogP contribution in [0.5, 0.6) is 0 Å². The first kappa shape index (κ1) is 22.9. The van der Waals surface area contributed by atoms with E-state index < -0.39 is 29.8 Å². The highest BCUT2D eigenvalue weighted by Gasteiger charge is 2.21. The zero-order chi connectivity index (χ0) is 20.1. The third-order valence-corrected chi connectivity index (χ3v) is 4.41. The van der Waals surface area contributed by atoms with Gasteiger partial charge in [0, 0.05) is 6.08 Å². The van der Waals surface area contributed by atoms with Gasteiger partial charge in [0.25, 0.3) is 0 Å². The summed E-state index contributed by atoms with van der Waals surface area (Å²) < 4.78 is 10.4. The van der Waals surface area contributed by atoms with Crippen LogP contribution in [0.4, 0.5) is 0 Å². The summed E-state index contributed by atoms with van der Waals surface area (Å²) in [4.78, 5) is 46.5. The second kappa shape index (κ2) is 13.1. The molecule has 0 aromatic carbocycles. The summed E-state index contributed by atoms with van der Waals surface area (Å²) in [5.74, 6) is -2.92. The lowest BCUT2D eigenvalue weighted by Crippen LogP contribution is -2.26. The highest BCUT2D eigenvalue weighted by molar-refractivity contribution is 5.99. The molecule has 0 aromatic heterocycles. The van der Waals surface area contributed by atoms with E-state index in [-0.39, 0.29) is 18.9 Å². The Hall–Kier alpha value is -2.18. The van der Waals surface area contributed by atoms with Gasteiger partial charge < -0.3 is 14.6 Å². The van der Waals surface area contributed by atoms with Crippen molar-refractivity contribution in [3.8, 4) is 0 Å². The van der Waals surface area contributed by atoms with Crippen LogP contribution in [-0.2, 0) is 28.7 Å². The number of carbonyl (C=O) groups excluding carboxylic acids is 3. The lowest BCUT2D eigenvalue weighted by Gasteiger charge is -2.16. The van der Waals surface area contributed by atoms with Crippen LogP contribution >= 0.6 is 0 Å². The van der Waals surface area contributed by atoms with Crippen LogP contribution in [-0.4, -0.2) is 41.0 Å². The summed E-state index contributed by atoms with van der Waals surface area (Å²) in [6.45, 7) is 1.82. The van der Waals surface area contributed by atoms with Gasteiger partial charge in [-0.25, -0.2) is 4.79 Å². The molecule has 0 bridgehead atoms. The van der Waals surface area contributed by atoms with Gasteiger partial charge in [0.2, 0.25) is 0 Å². The number of carbonyl (C=O) groups is 4. The maximum absolute atomic E-state index is 12.3. The van der Waals surface area contributed by atoms with Gasteiger partial charge in [-0.2, -0.15) is 0 Å². The fourth-order valence-corrected chi connectivity index (χ4v) is 2.89. The van der Waals surface area contributed by atoms with E-state index in [0.29, 0.717) is 6.42 Å². The van der Waals surface area contributed by atoms with E-state index in [1.165, 1.54) is 0 Å². The monoisotopic (exact) mass is 382 g/mol. The Labute approximate surface area is 160 Å². The van der Waals surface area contributed by atoms with E-state index in [1.807, 2.05) is 6.92 Å². The Morgan fingerprint density at radius 2 is 1.59 bits per heavy atom. The molecule has 1 aliphatic heterocycles. The molecule has 1 aliphatic rings. The maximum Gasteiger partial charge on any atom is 0.331 e. The number of rotatable bonds is 4. The minimum absolute atomic E-state index is 0.213. The Morgan fingerprint density at radius 1 is 1.00 bits per heavy atom. The number of hydrogen-bond acceptors (Lipinski definition) is 6. The number of carboxylic acids is 1. The van der Waals surface area contributed by atoms with Gasteiger partial charge in [-0.15, -0.1) is 0 Å². The third kappa shape index (κ3) is 11.2. The summed E-state index contributed by atoms with van der Waals surface area (Å²) in [6.07, 6.45) is 8.45. The molecule has 27 heavy (non-hydrogen) atoms. The Kier molecular flexibility index (Phi) is 11.1. The molecule has 2 atom stereocenters. The topological polar surface area (TPSA) is 107 Å². The lowest BCUT2D eigenvalue weighted by molar-refractivity contribution is -0.155. The lowest BCUT2D eigenvalue weighted by atomic mass is 10.0. The van der Waals surface area contributed by atoms with Gasteiger partial charge in [0.1, 0.15) is 0 Å². The summed E-state index contributed by atoms with van der Waals surface area (Å²) in [6, 6.07) is 0.